The fourth-order valence-electron chi connectivity index (χ4n) is 3.88. The molecule has 2 heterocycles. The van der Waals surface area contributed by atoms with Gasteiger partial charge in [-0.25, -0.2) is 0 Å². The van der Waals surface area contributed by atoms with E-state index in [1.165, 1.54) is 11.8 Å². The molecule has 9 heteroatoms. The number of para-hydroxylation sites is 1. The molecule has 5 rings (SSSR count). The first-order chi connectivity index (χ1) is 17.5. The second-order valence-corrected chi connectivity index (χ2v) is 9.47. The SMILES string of the molecule is CCOc1ccc(-n2c(SCC(=O)Nc3ccc(C)c(Cl)c3)nnc2-c2c[nH]c3ccccc23)cc1. The van der Waals surface area contributed by atoms with E-state index in [0.29, 0.717) is 28.3 Å². The van der Waals surface area contributed by atoms with Crippen molar-refractivity contribution in [3.05, 3.63) is 83.5 Å². The molecule has 1 amide bonds. The van der Waals surface area contributed by atoms with Gasteiger partial charge in [-0.05, 0) is 61.9 Å². The minimum atomic E-state index is -0.158. The van der Waals surface area contributed by atoms with Crippen LogP contribution in [0, 0.1) is 6.92 Å². The number of carbonyl (C=O) groups excluding carboxylic acids is 1. The number of amides is 1. The van der Waals surface area contributed by atoms with Crippen molar-refractivity contribution in [2.45, 2.75) is 19.0 Å². The normalized spacial score (nSPS) is 11.1. The van der Waals surface area contributed by atoms with E-state index in [1.54, 1.807) is 6.07 Å². The van der Waals surface area contributed by atoms with E-state index in [1.807, 2.05) is 85.3 Å². The van der Waals surface area contributed by atoms with Crippen molar-refractivity contribution in [1.29, 1.82) is 0 Å². The van der Waals surface area contributed by atoms with E-state index in [4.69, 9.17) is 16.3 Å². The number of halogens is 1. The van der Waals surface area contributed by atoms with E-state index in [0.717, 1.165) is 33.5 Å². The zero-order valence-corrected chi connectivity index (χ0v) is 21.4. The second-order valence-electron chi connectivity index (χ2n) is 8.12. The summed E-state index contributed by atoms with van der Waals surface area (Å²) < 4.78 is 7.57. The van der Waals surface area contributed by atoms with Crippen molar-refractivity contribution in [2.75, 3.05) is 17.7 Å². The number of rotatable bonds is 8. The van der Waals surface area contributed by atoms with Gasteiger partial charge in [-0.2, -0.15) is 0 Å². The van der Waals surface area contributed by atoms with E-state index >= 15 is 0 Å². The van der Waals surface area contributed by atoms with Crippen LogP contribution in [0.4, 0.5) is 5.69 Å². The average molecular weight is 518 g/mol. The first-order valence-corrected chi connectivity index (χ1v) is 12.8. The number of anilines is 1. The Morgan fingerprint density at radius 2 is 1.92 bits per heavy atom. The van der Waals surface area contributed by atoms with E-state index < -0.39 is 0 Å². The summed E-state index contributed by atoms with van der Waals surface area (Å²) in [5, 5.41) is 14.1. The summed E-state index contributed by atoms with van der Waals surface area (Å²) in [6.07, 6.45) is 1.93. The third-order valence-corrected chi connectivity index (χ3v) is 6.99. The van der Waals surface area contributed by atoms with Gasteiger partial charge >= 0.3 is 0 Å². The molecule has 0 radical (unpaired) electrons. The number of nitrogens with one attached hydrogen (secondary N) is 2. The van der Waals surface area contributed by atoms with Gasteiger partial charge in [-0.1, -0.05) is 47.6 Å². The largest absolute Gasteiger partial charge is 0.494 e. The Morgan fingerprint density at radius 3 is 2.69 bits per heavy atom. The molecule has 2 N–H and O–H groups in total. The van der Waals surface area contributed by atoms with Gasteiger partial charge in [0.2, 0.25) is 5.91 Å². The zero-order chi connectivity index (χ0) is 25.1. The summed E-state index contributed by atoms with van der Waals surface area (Å²) in [5.74, 6) is 1.47. The maximum Gasteiger partial charge on any atom is 0.234 e. The number of thioether (sulfide) groups is 1. The van der Waals surface area contributed by atoms with E-state index in [2.05, 4.69) is 20.5 Å². The van der Waals surface area contributed by atoms with Gasteiger partial charge in [0.05, 0.1) is 12.4 Å². The van der Waals surface area contributed by atoms with Crippen LogP contribution < -0.4 is 10.1 Å². The lowest BCUT2D eigenvalue weighted by Crippen LogP contribution is -2.14. The van der Waals surface area contributed by atoms with Crippen molar-refractivity contribution in [2.24, 2.45) is 0 Å². The zero-order valence-electron chi connectivity index (χ0n) is 19.8. The number of hydrogen-bond acceptors (Lipinski definition) is 5. The Balaban J connectivity index is 1.45. The number of ether oxygens (including phenoxy) is 1. The topological polar surface area (TPSA) is 84.8 Å². The van der Waals surface area contributed by atoms with Crippen LogP contribution in [-0.2, 0) is 4.79 Å². The molecule has 0 unspecified atom stereocenters. The lowest BCUT2D eigenvalue weighted by atomic mass is 10.1. The van der Waals surface area contributed by atoms with Gasteiger partial charge in [0, 0.05) is 39.1 Å². The fraction of sp³-hybridized carbons (Fsp3) is 0.148. The van der Waals surface area contributed by atoms with Gasteiger partial charge in [-0.3, -0.25) is 9.36 Å². The van der Waals surface area contributed by atoms with Gasteiger partial charge in [0.25, 0.3) is 0 Å². The number of benzene rings is 3. The highest BCUT2D eigenvalue weighted by Crippen LogP contribution is 2.33. The number of carbonyl (C=O) groups is 1. The Hall–Kier alpha value is -3.75. The monoisotopic (exact) mass is 517 g/mol. The number of hydrogen-bond donors (Lipinski definition) is 2. The molecular formula is C27H24ClN5O2S. The van der Waals surface area contributed by atoms with Crippen molar-refractivity contribution in [1.82, 2.24) is 19.7 Å². The van der Waals surface area contributed by atoms with Crippen LogP contribution in [0.5, 0.6) is 5.75 Å². The third-order valence-electron chi connectivity index (χ3n) is 5.66. The summed E-state index contributed by atoms with van der Waals surface area (Å²) in [7, 11) is 0. The Kier molecular flexibility index (Phi) is 6.97. The summed E-state index contributed by atoms with van der Waals surface area (Å²) in [4.78, 5) is 16.0. The first-order valence-electron chi connectivity index (χ1n) is 11.5. The smallest absolute Gasteiger partial charge is 0.234 e. The molecule has 0 aliphatic heterocycles. The van der Waals surface area contributed by atoms with Crippen molar-refractivity contribution < 1.29 is 9.53 Å². The molecule has 0 atom stereocenters. The van der Waals surface area contributed by atoms with Gasteiger partial charge in [0.15, 0.2) is 11.0 Å². The maximum atomic E-state index is 12.7. The van der Waals surface area contributed by atoms with E-state index in [9.17, 15) is 4.79 Å². The molecule has 0 aliphatic rings. The number of aromatic nitrogens is 4. The predicted molar refractivity (Wildman–Crippen MR) is 145 cm³/mol. The molecule has 3 aromatic carbocycles. The average Bonchev–Trinajstić information content (AvgIpc) is 3.50. The van der Waals surface area contributed by atoms with Crippen molar-refractivity contribution in [3.8, 4) is 22.8 Å². The number of aromatic amines is 1. The summed E-state index contributed by atoms with van der Waals surface area (Å²) >= 11 is 7.51. The van der Waals surface area contributed by atoms with Gasteiger partial charge in [0.1, 0.15) is 5.75 Å². The van der Waals surface area contributed by atoms with Gasteiger partial charge < -0.3 is 15.0 Å². The van der Waals surface area contributed by atoms with Crippen LogP contribution in [0.25, 0.3) is 28.0 Å². The van der Waals surface area contributed by atoms with E-state index in [-0.39, 0.29) is 11.7 Å². The number of aryl methyl sites for hydroxylation is 1. The highest BCUT2D eigenvalue weighted by atomic mass is 35.5. The molecule has 5 aromatic rings. The summed E-state index contributed by atoms with van der Waals surface area (Å²) in [6.45, 7) is 4.46. The Bertz CT molecular complexity index is 1530. The minimum absolute atomic E-state index is 0.158. The highest BCUT2D eigenvalue weighted by Gasteiger charge is 2.20. The molecule has 0 bridgehead atoms. The molecule has 2 aromatic heterocycles. The molecule has 0 saturated carbocycles. The third kappa shape index (κ3) is 4.96. The number of H-pyrrole nitrogens is 1. The second kappa shape index (κ2) is 10.5. The summed E-state index contributed by atoms with van der Waals surface area (Å²) in [6, 6.07) is 21.3. The maximum absolute atomic E-state index is 12.7. The Labute approximate surface area is 217 Å². The molecule has 0 saturated heterocycles. The van der Waals surface area contributed by atoms with Crippen molar-refractivity contribution in [3.63, 3.8) is 0 Å². The van der Waals surface area contributed by atoms with Crippen LogP contribution >= 0.6 is 23.4 Å². The van der Waals surface area contributed by atoms with Crippen LogP contribution in [0.15, 0.2) is 78.1 Å². The minimum Gasteiger partial charge on any atom is -0.494 e. The fourth-order valence-corrected chi connectivity index (χ4v) is 4.82. The van der Waals surface area contributed by atoms with Crippen LogP contribution in [-0.4, -0.2) is 38.0 Å². The van der Waals surface area contributed by atoms with Gasteiger partial charge in [-0.15, -0.1) is 10.2 Å². The molecular weight excluding hydrogens is 494 g/mol. The molecule has 182 valence electrons. The Morgan fingerprint density at radius 1 is 1.11 bits per heavy atom. The quantitative estimate of drug-likeness (QED) is 0.229. The van der Waals surface area contributed by atoms with Crippen LogP contribution in [0.2, 0.25) is 5.02 Å². The highest BCUT2D eigenvalue weighted by molar-refractivity contribution is 7.99. The lowest BCUT2D eigenvalue weighted by molar-refractivity contribution is -0.113. The molecule has 0 fully saturated rings. The molecule has 0 aliphatic carbocycles. The van der Waals surface area contributed by atoms with Crippen LogP contribution in [0.1, 0.15) is 12.5 Å². The number of nitrogens with zero attached hydrogens (tertiary/aromatic N) is 3. The molecule has 0 spiro atoms. The molecule has 7 nitrogen and oxygen atoms in total. The van der Waals surface area contributed by atoms with Crippen LogP contribution in [0.3, 0.4) is 0 Å². The lowest BCUT2D eigenvalue weighted by Gasteiger charge is -2.11. The number of fused-ring (bicyclic) bond motifs is 1. The first kappa shape index (κ1) is 24.0. The summed E-state index contributed by atoms with van der Waals surface area (Å²) in [5.41, 5.74) is 4.43. The molecule has 36 heavy (non-hydrogen) atoms. The predicted octanol–water partition coefficient (Wildman–Crippen LogP) is 6.51. The van der Waals surface area contributed by atoms with Crippen molar-refractivity contribution >= 4 is 45.9 Å². The standard InChI is InChI=1S/C27H24ClN5O2S/c1-3-35-20-12-10-19(11-13-20)33-26(22-15-29-24-7-5-4-6-21(22)24)31-32-27(33)36-16-25(34)30-18-9-8-17(2)23(28)14-18/h4-15,29H,3,16H2,1-2H3,(H,30,34).